The van der Waals surface area contributed by atoms with Gasteiger partial charge < -0.3 is 15.2 Å². The molecule has 1 saturated heterocycles. The highest BCUT2D eigenvalue weighted by atomic mass is 35.5. The van der Waals surface area contributed by atoms with Crippen LogP contribution in [0.4, 0.5) is 10.1 Å². The van der Waals surface area contributed by atoms with Crippen LogP contribution in [0.15, 0.2) is 36.5 Å². The van der Waals surface area contributed by atoms with Crippen LogP contribution in [0.1, 0.15) is 18.4 Å². The second-order valence-corrected chi connectivity index (χ2v) is 5.67. The molecule has 0 unspecified atom stereocenters. The van der Waals surface area contributed by atoms with Gasteiger partial charge in [-0.1, -0.05) is 17.7 Å². The zero-order chi connectivity index (χ0) is 15.6. The molecule has 0 saturated carbocycles. The zero-order valence-corrected chi connectivity index (χ0v) is 12.6. The van der Waals surface area contributed by atoms with E-state index in [1.54, 1.807) is 24.3 Å². The number of anilines is 1. The Kier molecular flexibility index (Phi) is 4.18. The number of nitrogens with zero attached hydrogens (tertiary/aromatic N) is 1. The molecule has 1 aromatic carbocycles. The molecular formula is C16H16ClFN2O2. The highest BCUT2D eigenvalue weighted by molar-refractivity contribution is 6.30. The molecule has 1 aliphatic heterocycles. The van der Waals surface area contributed by atoms with E-state index in [2.05, 4.69) is 4.98 Å². The predicted molar refractivity (Wildman–Crippen MR) is 82.4 cm³/mol. The maximum atomic E-state index is 13.8. The first-order chi connectivity index (χ1) is 10.6. The van der Waals surface area contributed by atoms with E-state index in [1.165, 1.54) is 12.3 Å². The number of nitrogen functional groups attached to an aromatic ring is 1. The van der Waals surface area contributed by atoms with E-state index in [9.17, 15) is 4.39 Å². The number of hydrogen-bond donors (Lipinski definition) is 1. The third kappa shape index (κ3) is 3.00. The molecule has 0 radical (unpaired) electrons. The quantitative estimate of drug-likeness (QED) is 0.939. The third-order valence-corrected chi connectivity index (χ3v) is 4.11. The van der Waals surface area contributed by atoms with Crippen molar-refractivity contribution in [1.82, 2.24) is 4.98 Å². The number of nitrogens with two attached hydrogens (primary N) is 1. The fourth-order valence-corrected chi connectivity index (χ4v) is 2.70. The summed E-state index contributed by atoms with van der Waals surface area (Å²) in [5.41, 5.74) is 6.26. The molecule has 2 aromatic rings. The predicted octanol–water partition coefficient (Wildman–Crippen LogP) is 3.54. The smallest absolute Gasteiger partial charge is 0.214 e. The van der Waals surface area contributed by atoms with Crippen LogP contribution >= 0.6 is 11.6 Å². The summed E-state index contributed by atoms with van der Waals surface area (Å²) in [5, 5.41) is 0.0940. The maximum Gasteiger partial charge on any atom is 0.214 e. The molecule has 22 heavy (non-hydrogen) atoms. The molecular weight excluding hydrogens is 307 g/mol. The molecule has 116 valence electrons. The Bertz CT molecular complexity index is 658. The fraction of sp³-hybridized carbons (Fsp3) is 0.312. The van der Waals surface area contributed by atoms with E-state index < -0.39 is 11.4 Å². The molecule has 2 heterocycles. The minimum Gasteiger partial charge on any atom is -0.466 e. The number of benzene rings is 1. The maximum absolute atomic E-state index is 13.8. The van der Waals surface area contributed by atoms with Crippen molar-refractivity contribution in [2.45, 2.75) is 18.4 Å². The van der Waals surface area contributed by atoms with Gasteiger partial charge >= 0.3 is 0 Å². The first-order valence-corrected chi connectivity index (χ1v) is 7.41. The van der Waals surface area contributed by atoms with Gasteiger partial charge in [0, 0.05) is 18.9 Å². The van der Waals surface area contributed by atoms with Crippen LogP contribution in [0.25, 0.3) is 0 Å². The van der Waals surface area contributed by atoms with Gasteiger partial charge in [0.05, 0.1) is 30.1 Å². The average Bonchev–Trinajstić information content (AvgIpc) is 2.53. The second kappa shape index (κ2) is 6.10. The average molecular weight is 323 g/mol. The van der Waals surface area contributed by atoms with Crippen molar-refractivity contribution in [3.05, 3.63) is 52.9 Å². The summed E-state index contributed by atoms with van der Waals surface area (Å²) in [6, 6.07) is 8.18. The summed E-state index contributed by atoms with van der Waals surface area (Å²) in [7, 11) is 0. The van der Waals surface area contributed by atoms with Crippen LogP contribution in [0.5, 0.6) is 5.88 Å². The Morgan fingerprint density at radius 3 is 2.64 bits per heavy atom. The van der Waals surface area contributed by atoms with Crippen LogP contribution in [0, 0.1) is 5.82 Å². The second-order valence-electron chi connectivity index (χ2n) is 5.27. The largest absolute Gasteiger partial charge is 0.466 e. The Morgan fingerprint density at radius 1 is 1.23 bits per heavy atom. The SMILES string of the molecule is Nc1ccc(OC2(c3ccc(Cl)c(F)c3)CCOCC2)nc1. The molecule has 0 spiro atoms. The number of pyridine rings is 1. The van der Waals surface area contributed by atoms with Gasteiger partial charge in [-0.05, 0) is 23.8 Å². The first-order valence-electron chi connectivity index (χ1n) is 7.03. The van der Waals surface area contributed by atoms with Crippen molar-refractivity contribution < 1.29 is 13.9 Å². The first kappa shape index (κ1) is 15.1. The molecule has 6 heteroatoms. The van der Waals surface area contributed by atoms with E-state index in [0.29, 0.717) is 37.6 Å². The van der Waals surface area contributed by atoms with Crippen LogP contribution in [-0.2, 0) is 10.3 Å². The summed E-state index contributed by atoms with van der Waals surface area (Å²) < 4.78 is 25.4. The molecule has 0 atom stereocenters. The Labute approximate surface area is 133 Å². The van der Waals surface area contributed by atoms with Gasteiger partial charge in [0.1, 0.15) is 11.4 Å². The highest BCUT2D eigenvalue weighted by Crippen LogP contribution is 2.37. The number of rotatable bonds is 3. The normalized spacial score (nSPS) is 17.2. The van der Waals surface area contributed by atoms with Crippen LogP contribution < -0.4 is 10.5 Å². The van der Waals surface area contributed by atoms with Crippen molar-refractivity contribution in [3.8, 4) is 5.88 Å². The van der Waals surface area contributed by atoms with E-state index in [0.717, 1.165) is 5.56 Å². The summed E-state index contributed by atoms with van der Waals surface area (Å²) in [5.74, 6) is -0.00893. The number of ether oxygens (including phenoxy) is 2. The lowest BCUT2D eigenvalue weighted by Crippen LogP contribution is -2.39. The van der Waals surface area contributed by atoms with Crippen molar-refractivity contribution >= 4 is 17.3 Å². The molecule has 1 aromatic heterocycles. The highest BCUT2D eigenvalue weighted by Gasteiger charge is 2.37. The topological polar surface area (TPSA) is 57.4 Å². The molecule has 4 nitrogen and oxygen atoms in total. The monoisotopic (exact) mass is 322 g/mol. The lowest BCUT2D eigenvalue weighted by Gasteiger charge is -2.37. The van der Waals surface area contributed by atoms with Crippen molar-refractivity contribution in [2.75, 3.05) is 18.9 Å². The molecule has 3 rings (SSSR count). The van der Waals surface area contributed by atoms with E-state index in [4.69, 9.17) is 26.8 Å². The van der Waals surface area contributed by atoms with Crippen molar-refractivity contribution in [3.63, 3.8) is 0 Å². The van der Waals surface area contributed by atoms with Gasteiger partial charge in [0.25, 0.3) is 0 Å². The number of halogens is 2. The molecule has 1 fully saturated rings. The molecule has 0 aliphatic carbocycles. The Balaban J connectivity index is 1.96. The Hall–Kier alpha value is -1.85. The van der Waals surface area contributed by atoms with E-state index in [1.807, 2.05) is 0 Å². The zero-order valence-electron chi connectivity index (χ0n) is 11.9. The minimum atomic E-state index is -0.674. The van der Waals surface area contributed by atoms with Crippen LogP contribution in [-0.4, -0.2) is 18.2 Å². The number of aromatic nitrogens is 1. The summed E-state index contributed by atoms with van der Waals surface area (Å²) in [4.78, 5) is 4.18. The fourth-order valence-electron chi connectivity index (χ4n) is 2.58. The van der Waals surface area contributed by atoms with Crippen LogP contribution in [0.3, 0.4) is 0 Å². The van der Waals surface area contributed by atoms with Gasteiger partial charge in [-0.25, -0.2) is 9.37 Å². The minimum absolute atomic E-state index is 0.0940. The van der Waals surface area contributed by atoms with Crippen molar-refractivity contribution in [1.29, 1.82) is 0 Å². The van der Waals surface area contributed by atoms with Gasteiger partial charge in [-0.15, -0.1) is 0 Å². The third-order valence-electron chi connectivity index (χ3n) is 3.81. The van der Waals surface area contributed by atoms with E-state index >= 15 is 0 Å². The summed E-state index contributed by atoms with van der Waals surface area (Å²) >= 11 is 5.78. The van der Waals surface area contributed by atoms with Gasteiger partial charge in [0.15, 0.2) is 0 Å². The molecule has 0 bridgehead atoms. The summed E-state index contributed by atoms with van der Waals surface area (Å²) in [6.07, 6.45) is 2.76. The molecule has 0 amide bonds. The molecule has 2 N–H and O–H groups in total. The lowest BCUT2D eigenvalue weighted by molar-refractivity contribution is -0.0525. The van der Waals surface area contributed by atoms with Crippen LogP contribution in [0.2, 0.25) is 5.02 Å². The lowest BCUT2D eigenvalue weighted by atomic mass is 9.86. The van der Waals surface area contributed by atoms with Gasteiger partial charge in [0.2, 0.25) is 5.88 Å². The standard InChI is InChI=1S/C16H16ClFN2O2/c17-13-3-1-11(9-14(13)18)16(5-7-21-8-6-16)22-15-4-2-12(19)10-20-15/h1-4,9-10H,5-8,19H2. The molecule has 1 aliphatic rings. The van der Waals surface area contributed by atoms with Gasteiger partial charge in [-0.3, -0.25) is 0 Å². The van der Waals surface area contributed by atoms with Gasteiger partial charge in [-0.2, -0.15) is 0 Å². The van der Waals surface area contributed by atoms with E-state index in [-0.39, 0.29) is 5.02 Å². The number of hydrogen-bond acceptors (Lipinski definition) is 4. The van der Waals surface area contributed by atoms with Crippen molar-refractivity contribution in [2.24, 2.45) is 0 Å². The Morgan fingerprint density at radius 2 is 2.00 bits per heavy atom. The summed E-state index contributed by atoms with van der Waals surface area (Å²) in [6.45, 7) is 1.08.